The average molecular weight is 292 g/mol. The zero-order valence-electron chi connectivity index (χ0n) is 11.4. The van der Waals surface area contributed by atoms with E-state index in [1.54, 1.807) is 49.8 Å². The number of nitrogens with one attached hydrogen (secondary N) is 1. The number of aromatic nitrogens is 2. The van der Waals surface area contributed by atoms with Crippen LogP contribution in [0.2, 0.25) is 5.02 Å². The summed E-state index contributed by atoms with van der Waals surface area (Å²) >= 11 is 5.94. The molecule has 2 aromatic rings. The first-order valence-corrected chi connectivity index (χ1v) is 6.40. The number of anilines is 1. The molecule has 1 N–H and O–H groups in total. The number of halogens is 1. The molecule has 0 aliphatic carbocycles. The molecular weight excluding hydrogens is 278 g/mol. The molecule has 1 amide bonds. The van der Waals surface area contributed by atoms with Crippen LogP contribution in [-0.4, -0.2) is 21.5 Å². The summed E-state index contributed by atoms with van der Waals surface area (Å²) in [5.74, 6) is -1.34. The second-order valence-corrected chi connectivity index (χ2v) is 4.84. The van der Waals surface area contributed by atoms with Gasteiger partial charge in [0.15, 0.2) is 0 Å². The van der Waals surface area contributed by atoms with E-state index in [1.807, 2.05) is 0 Å². The first-order valence-electron chi connectivity index (χ1n) is 6.02. The Morgan fingerprint density at radius 1 is 1.25 bits per heavy atom. The van der Waals surface area contributed by atoms with Gasteiger partial charge in [0.05, 0.1) is 22.0 Å². The van der Waals surface area contributed by atoms with Crippen molar-refractivity contribution in [3.63, 3.8) is 0 Å². The molecule has 5 nitrogen and oxygen atoms in total. The van der Waals surface area contributed by atoms with E-state index in [-0.39, 0.29) is 0 Å². The van der Waals surface area contributed by atoms with Gasteiger partial charge in [-0.05, 0) is 26.0 Å². The van der Waals surface area contributed by atoms with Gasteiger partial charge in [-0.3, -0.25) is 14.3 Å². The third-order valence-corrected chi connectivity index (χ3v) is 3.39. The number of aryl methyl sites for hydroxylation is 2. The summed E-state index contributed by atoms with van der Waals surface area (Å²) in [5.41, 5.74) is 1.93. The molecule has 0 unspecified atom stereocenters. The first-order chi connectivity index (χ1) is 9.41. The van der Waals surface area contributed by atoms with E-state index in [2.05, 4.69) is 10.4 Å². The number of nitrogens with zero attached hydrogens (tertiary/aromatic N) is 2. The maximum atomic E-state index is 12.2. The highest BCUT2D eigenvalue weighted by atomic mass is 35.5. The summed E-state index contributed by atoms with van der Waals surface area (Å²) in [6.07, 6.45) is 0. The Bertz CT molecular complexity index is 692. The summed E-state index contributed by atoms with van der Waals surface area (Å²) in [4.78, 5) is 24.2. The van der Waals surface area contributed by atoms with Gasteiger partial charge in [-0.25, -0.2) is 0 Å². The van der Waals surface area contributed by atoms with Crippen LogP contribution < -0.4 is 5.32 Å². The maximum absolute atomic E-state index is 12.2. The standard InChI is InChI=1S/C14H14ClN3O2/c1-8-12(9(2)18(3)17-8)13(19)14(20)16-11-7-5-4-6-10(11)15/h4-7H,1-3H3,(H,16,20). The third kappa shape index (κ3) is 2.58. The van der Waals surface area contributed by atoms with E-state index in [1.165, 1.54) is 0 Å². The van der Waals surface area contributed by atoms with E-state index in [4.69, 9.17) is 11.6 Å². The van der Waals surface area contributed by atoms with Crippen molar-refractivity contribution < 1.29 is 9.59 Å². The second kappa shape index (κ2) is 5.46. The molecule has 0 aliphatic rings. The molecule has 1 aromatic heterocycles. The van der Waals surface area contributed by atoms with Crippen LogP contribution in [0, 0.1) is 13.8 Å². The number of amides is 1. The Hall–Kier alpha value is -2.14. The van der Waals surface area contributed by atoms with Crippen LogP contribution in [0.5, 0.6) is 0 Å². The van der Waals surface area contributed by atoms with Gasteiger partial charge in [0, 0.05) is 12.7 Å². The molecule has 20 heavy (non-hydrogen) atoms. The van der Waals surface area contributed by atoms with Gasteiger partial charge in [0.25, 0.3) is 11.7 Å². The quantitative estimate of drug-likeness (QED) is 0.698. The predicted molar refractivity (Wildman–Crippen MR) is 77.1 cm³/mol. The molecule has 0 aliphatic heterocycles. The zero-order chi connectivity index (χ0) is 14.9. The lowest BCUT2D eigenvalue weighted by Gasteiger charge is -2.06. The molecule has 0 fully saturated rings. The number of benzene rings is 1. The molecule has 104 valence electrons. The molecule has 0 spiro atoms. The number of para-hydroxylation sites is 1. The number of hydrogen-bond donors (Lipinski definition) is 1. The lowest BCUT2D eigenvalue weighted by molar-refractivity contribution is -0.112. The largest absolute Gasteiger partial charge is 0.318 e. The minimum absolute atomic E-state index is 0.331. The Balaban J connectivity index is 2.26. The molecule has 0 bridgehead atoms. The van der Waals surface area contributed by atoms with E-state index in [9.17, 15) is 9.59 Å². The van der Waals surface area contributed by atoms with Crippen LogP contribution in [0.3, 0.4) is 0 Å². The van der Waals surface area contributed by atoms with Crippen molar-refractivity contribution in [3.8, 4) is 0 Å². The summed E-state index contributed by atoms with van der Waals surface area (Å²) < 4.78 is 1.57. The second-order valence-electron chi connectivity index (χ2n) is 4.43. The lowest BCUT2D eigenvalue weighted by Crippen LogP contribution is -2.24. The maximum Gasteiger partial charge on any atom is 0.296 e. The van der Waals surface area contributed by atoms with Crippen LogP contribution in [0.1, 0.15) is 21.7 Å². The van der Waals surface area contributed by atoms with Crippen molar-refractivity contribution in [2.75, 3.05) is 5.32 Å². The number of ketones is 1. The molecule has 0 atom stereocenters. The van der Waals surface area contributed by atoms with Crippen molar-refractivity contribution in [3.05, 3.63) is 46.2 Å². The molecule has 6 heteroatoms. The van der Waals surface area contributed by atoms with Crippen molar-refractivity contribution in [1.82, 2.24) is 9.78 Å². The topological polar surface area (TPSA) is 64.0 Å². The fourth-order valence-electron chi connectivity index (χ4n) is 1.96. The molecule has 2 rings (SSSR count). The van der Waals surface area contributed by atoms with E-state index < -0.39 is 11.7 Å². The Morgan fingerprint density at radius 2 is 1.90 bits per heavy atom. The first kappa shape index (κ1) is 14.3. The molecule has 1 heterocycles. The van der Waals surface area contributed by atoms with Crippen molar-refractivity contribution in [1.29, 1.82) is 0 Å². The molecule has 1 aromatic carbocycles. The van der Waals surface area contributed by atoms with Crippen LogP contribution in [0.4, 0.5) is 5.69 Å². The SMILES string of the molecule is Cc1nn(C)c(C)c1C(=O)C(=O)Nc1ccccc1Cl. The smallest absolute Gasteiger partial charge is 0.296 e. The van der Waals surface area contributed by atoms with Crippen LogP contribution >= 0.6 is 11.6 Å². The van der Waals surface area contributed by atoms with Crippen molar-refractivity contribution in [2.24, 2.45) is 7.05 Å². The Kier molecular flexibility index (Phi) is 3.90. The summed E-state index contributed by atoms with van der Waals surface area (Å²) in [6.45, 7) is 3.44. The molecule has 0 saturated heterocycles. The Morgan fingerprint density at radius 3 is 2.45 bits per heavy atom. The lowest BCUT2D eigenvalue weighted by atomic mass is 10.1. The fraction of sp³-hybridized carbons (Fsp3) is 0.214. The Labute approximate surface area is 121 Å². The number of Topliss-reactive ketones (excluding diaryl/α,β-unsaturated/α-hetero) is 1. The van der Waals surface area contributed by atoms with E-state index in [0.29, 0.717) is 27.7 Å². The minimum Gasteiger partial charge on any atom is -0.318 e. The van der Waals surface area contributed by atoms with E-state index in [0.717, 1.165) is 0 Å². The van der Waals surface area contributed by atoms with Crippen LogP contribution in [0.15, 0.2) is 24.3 Å². The fourth-order valence-corrected chi connectivity index (χ4v) is 2.14. The van der Waals surface area contributed by atoms with Crippen LogP contribution in [0.25, 0.3) is 0 Å². The molecule has 0 saturated carbocycles. The number of rotatable bonds is 3. The summed E-state index contributed by atoms with van der Waals surface area (Å²) in [7, 11) is 1.73. The highest BCUT2D eigenvalue weighted by Crippen LogP contribution is 2.21. The highest BCUT2D eigenvalue weighted by Gasteiger charge is 2.24. The van der Waals surface area contributed by atoms with Crippen molar-refractivity contribution in [2.45, 2.75) is 13.8 Å². The highest BCUT2D eigenvalue weighted by molar-refractivity contribution is 6.47. The zero-order valence-corrected chi connectivity index (χ0v) is 12.2. The van der Waals surface area contributed by atoms with Gasteiger partial charge >= 0.3 is 0 Å². The van der Waals surface area contributed by atoms with Gasteiger partial charge in [-0.15, -0.1) is 0 Å². The number of hydrogen-bond acceptors (Lipinski definition) is 3. The van der Waals surface area contributed by atoms with E-state index >= 15 is 0 Å². The van der Waals surface area contributed by atoms with Crippen molar-refractivity contribution >= 4 is 29.0 Å². The number of carbonyl (C=O) groups is 2. The van der Waals surface area contributed by atoms with Gasteiger partial charge in [0.2, 0.25) is 0 Å². The third-order valence-electron chi connectivity index (χ3n) is 3.06. The normalized spacial score (nSPS) is 10.4. The van der Waals surface area contributed by atoms with Gasteiger partial charge in [-0.2, -0.15) is 5.10 Å². The molecule has 0 radical (unpaired) electrons. The summed E-state index contributed by atoms with van der Waals surface area (Å²) in [6, 6.07) is 6.75. The molecular formula is C14H14ClN3O2. The summed E-state index contributed by atoms with van der Waals surface area (Å²) in [5, 5.41) is 7.03. The monoisotopic (exact) mass is 291 g/mol. The van der Waals surface area contributed by atoms with Gasteiger partial charge in [0.1, 0.15) is 0 Å². The minimum atomic E-state index is -0.725. The van der Waals surface area contributed by atoms with Crippen LogP contribution in [-0.2, 0) is 11.8 Å². The average Bonchev–Trinajstić information content (AvgIpc) is 2.65. The predicted octanol–water partition coefficient (Wildman–Crippen LogP) is 2.51. The van der Waals surface area contributed by atoms with Gasteiger partial charge in [-0.1, -0.05) is 23.7 Å². The van der Waals surface area contributed by atoms with Gasteiger partial charge < -0.3 is 5.32 Å². The number of carbonyl (C=O) groups excluding carboxylic acids is 2.